The molecule has 0 radical (unpaired) electrons. The van der Waals surface area contributed by atoms with E-state index in [-0.39, 0.29) is 30.1 Å². The van der Waals surface area contributed by atoms with Gasteiger partial charge in [0, 0.05) is 43.9 Å². The van der Waals surface area contributed by atoms with Crippen molar-refractivity contribution in [3.05, 3.63) is 59.7 Å². The normalized spacial score (nSPS) is 19.1. The lowest BCUT2D eigenvalue weighted by molar-refractivity contribution is -0.128. The van der Waals surface area contributed by atoms with Crippen LogP contribution in [0.5, 0.6) is 0 Å². The summed E-state index contributed by atoms with van der Waals surface area (Å²) in [6, 6.07) is 15.4. The topological polar surface area (TPSA) is 69.7 Å². The van der Waals surface area contributed by atoms with Crippen molar-refractivity contribution in [1.82, 2.24) is 4.90 Å². The number of hydrogen-bond acceptors (Lipinski definition) is 3. The van der Waals surface area contributed by atoms with Crippen LogP contribution in [0.2, 0.25) is 0 Å². The van der Waals surface area contributed by atoms with Crippen molar-refractivity contribution in [2.24, 2.45) is 5.92 Å². The molecule has 2 aromatic carbocycles. The molecule has 2 aliphatic rings. The molecule has 0 spiro atoms. The van der Waals surface area contributed by atoms with Gasteiger partial charge in [0.25, 0.3) is 0 Å². The van der Waals surface area contributed by atoms with Crippen molar-refractivity contribution in [1.29, 1.82) is 0 Å². The van der Waals surface area contributed by atoms with Gasteiger partial charge in [0.1, 0.15) is 0 Å². The molecule has 2 saturated heterocycles. The van der Waals surface area contributed by atoms with Gasteiger partial charge in [0.2, 0.25) is 17.7 Å². The van der Waals surface area contributed by atoms with Crippen LogP contribution in [0.4, 0.5) is 11.4 Å². The molecule has 0 aliphatic carbocycles. The fourth-order valence-electron chi connectivity index (χ4n) is 4.09. The Balaban J connectivity index is 1.38. The maximum absolute atomic E-state index is 12.7. The summed E-state index contributed by atoms with van der Waals surface area (Å²) in [7, 11) is 0. The number of anilines is 2. The minimum Gasteiger partial charge on any atom is -0.338 e. The summed E-state index contributed by atoms with van der Waals surface area (Å²) >= 11 is 0. The third kappa shape index (κ3) is 4.16. The molecule has 2 aromatic rings. The van der Waals surface area contributed by atoms with E-state index in [0.29, 0.717) is 25.2 Å². The third-order valence-corrected chi connectivity index (χ3v) is 5.63. The first-order valence-corrected chi connectivity index (χ1v) is 10.0. The summed E-state index contributed by atoms with van der Waals surface area (Å²) in [6.45, 7) is 3.64. The highest BCUT2D eigenvalue weighted by Crippen LogP contribution is 2.28. The van der Waals surface area contributed by atoms with Crippen LogP contribution in [0.3, 0.4) is 0 Å². The lowest BCUT2D eigenvalue weighted by Gasteiger charge is -2.19. The Labute approximate surface area is 170 Å². The number of likely N-dealkylation sites (tertiary alicyclic amines) is 1. The number of carbonyl (C=O) groups is 3. The monoisotopic (exact) mass is 391 g/mol. The van der Waals surface area contributed by atoms with Crippen molar-refractivity contribution in [2.75, 3.05) is 23.3 Å². The second-order valence-electron chi connectivity index (χ2n) is 7.80. The van der Waals surface area contributed by atoms with Crippen molar-refractivity contribution in [3.63, 3.8) is 0 Å². The molecule has 3 amide bonds. The molecule has 2 aliphatic heterocycles. The molecule has 2 heterocycles. The summed E-state index contributed by atoms with van der Waals surface area (Å²) < 4.78 is 0. The van der Waals surface area contributed by atoms with Gasteiger partial charge in [-0.1, -0.05) is 30.3 Å². The molecule has 6 nitrogen and oxygen atoms in total. The second-order valence-corrected chi connectivity index (χ2v) is 7.80. The zero-order valence-corrected chi connectivity index (χ0v) is 16.6. The number of benzene rings is 2. The maximum Gasteiger partial charge on any atom is 0.229 e. The number of nitrogens with one attached hydrogen (secondary N) is 1. The predicted molar refractivity (Wildman–Crippen MR) is 111 cm³/mol. The molecular formula is C23H25N3O3. The molecule has 0 aromatic heterocycles. The van der Waals surface area contributed by atoms with Crippen LogP contribution < -0.4 is 10.2 Å². The Bertz CT molecular complexity index is 942. The fraction of sp³-hybridized carbons (Fsp3) is 0.348. The molecule has 1 atom stereocenters. The van der Waals surface area contributed by atoms with E-state index in [9.17, 15) is 14.4 Å². The summed E-state index contributed by atoms with van der Waals surface area (Å²) in [4.78, 5) is 40.6. The SMILES string of the molecule is Cc1cc(NC(=O)C2CC(=O)N(Cc3ccccc3)C2)ccc1N1CCCC1=O. The van der Waals surface area contributed by atoms with Crippen molar-refractivity contribution >= 4 is 29.1 Å². The average molecular weight is 391 g/mol. The Morgan fingerprint density at radius 3 is 2.59 bits per heavy atom. The lowest BCUT2D eigenvalue weighted by atomic mass is 10.1. The summed E-state index contributed by atoms with van der Waals surface area (Å²) in [5.74, 6) is -0.342. The standard InChI is InChI=1S/C23H25N3O3/c1-16-12-19(9-10-20(16)26-11-5-8-21(26)27)24-23(29)18-13-22(28)25(15-18)14-17-6-3-2-4-7-17/h2-4,6-7,9-10,12,18H,5,8,11,13-15H2,1H3,(H,24,29). The Morgan fingerprint density at radius 1 is 1.10 bits per heavy atom. The van der Waals surface area contributed by atoms with Gasteiger partial charge < -0.3 is 15.1 Å². The number of carbonyl (C=O) groups excluding carboxylic acids is 3. The summed E-state index contributed by atoms with van der Waals surface area (Å²) in [5.41, 5.74) is 3.60. The first-order valence-electron chi connectivity index (χ1n) is 10.0. The Kier molecular flexibility index (Phi) is 5.34. The minimum atomic E-state index is -0.355. The molecular weight excluding hydrogens is 366 g/mol. The van der Waals surface area contributed by atoms with Gasteiger partial charge in [-0.3, -0.25) is 14.4 Å². The molecule has 4 rings (SSSR count). The molecule has 1 N–H and O–H groups in total. The Morgan fingerprint density at radius 2 is 1.90 bits per heavy atom. The highest BCUT2D eigenvalue weighted by molar-refractivity contribution is 5.99. The van der Waals surface area contributed by atoms with Crippen LogP contribution >= 0.6 is 0 Å². The maximum atomic E-state index is 12.7. The zero-order valence-electron chi connectivity index (χ0n) is 16.6. The van der Waals surface area contributed by atoms with E-state index >= 15 is 0 Å². The van der Waals surface area contributed by atoms with E-state index in [1.54, 1.807) is 9.80 Å². The zero-order chi connectivity index (χ0) is 20.4. The van der Waals surface area contributed by atoms with Crippen molar-refractivity contribution < 1.29 is 14.4 Å². The summed E-state index contributed by atoms with van der Waals surface area (Å²) in [5, 5.41) is 2.94. The molecule has 1 unspecified atom stereocenters. The van der Waals surface area contributed by atoms with E-state index in [1.165, 1.54) is 0 Å². The number of rotatable bonds is 5. The van der Waals surface area contributed by atoms with Crippen LogP contribution in [0.15, 0.2) is 48.5 Å². The third-order valence-electron chi connectivity index (χ3n) is 5.63. The quantitative estimate of drug-likeness (QED) is 0.851. The average Bonchev–Trinajstić information content (AvgIpc) is 3.29. The van der Waals surface area contributed by atoms with Gasteiger partial charge >= 0.3 is 0 Å². The fourth-order valence-corrected chi connectivity index (χ4v) is 4.09. The van der Waals surface area contributed by atoms with Crippen LogP contribution in [0.25, 0.3) is 0 Å². The molecule has 2 fully saturated rings. The van der Waals surface area contributed by atoms with Gasteiger partial charge in [0.15, 0.2) is 0 Å². The van der Waals surface area contributed by atoms with E-state index < -0.39 is 0 Å². The van der Waals surface area contributed by atoms with Crippen molar-refractivity contribution in [2.45, 2.75) is 32.7 Å². The first-order chi connectivity index (χ1) is 14.0. The summed E-state index contributed by atoms with van der Waals surface area (Å²) in [6.07, 6.45) is 1.71. The van der Waals surface area contributed by atoms with Gasteiger partial charge in [-0.2, -0.15) is 0 Å². The predicted octanol–water partition coefficient (Wildman–Crippen LogP) is 3.11. The van der Waals surface area contributed by atoms with Gasteiger partial charge in [0.05, 0.1) is 5.92 Å². The lowest BCUT2D eigenvalue weighted by Crippen LogP contribution is -2.28. The molecule has 29 heavy (non-hydrogen) atoms. The van der Waals surface area contributed by atoms with Crippen molar-refractivity contribution in [3.8, 4) is 0 Å². The molecule has 0 bridgehead atoms. The number of aryl methyl sites for hydroxylation is 1. The van der Waals surface area contributed by atoms with Crippen LogP contribution in [0, 0.1) is 12.8 Å². The van der Waals surface area contributed by atoms with Crippen LogP contribution in [-0.4, -0.2) is 35.7 Å². The molecule has 0 saturated carbocycles. The van der Waals surface area contributed by atoms with E-state index in [4.69, 9.17) is 0 Å². The number of amides is 3. The van der Waals surface area contributed by atoms with E-state index in [2.05, 4.69) is 5.32 Å². The Hall–Kier alpha value is -3.15. The van der Waals surface area contributed by atoms with Gasteiger partial charge in [-0.25, -0.2) is 0 Å². The smallest absolute Gasteiger partial charge is 0.229 e. The van der Waals surface area contributed by atoms with E-state index in [0.717, 1.165) is 29.8 Å². The first kappa shape index (κ1) is 19.2. The molecule has 150 valence electrons. The second kappa shape index (κ2) is 8.07. The van der Waals surface area contributed by atoms with E-state index in [1.807, 2.05) is 55.5 Å². The molecule has 6 heteroatoms. The highest BCUT2D eigenvalue weighted by Gasteiger charge is 2.34. The highest BCUT2D eigenvalue weighted by atomic mass is 16.2. The number of nitrogens with zero attached hydrogens (tertiary/aromatic N) is 2. The van der Waals surface area contributed by atoms with Gasteiger partial charge in [-0.05, 0) is 42.7 Å². The largest absolute Gasteiger partial charge is 0.338 e. The number of hydrogen-bond donors (Lipinski definition) is 1. The minimum absolute atomic E-state index is 0.00748. The van der Waals surface area contributed by atoms with Gasteiger partial charge in [-0.15, -0.1) is 0 Å². The van der Waals surface area contributed by atoms with Crippen LogP contribution in [0.1, 0.15) is 30.4 Å². The van der Waals surface area contributed by atoms with Crippen LogP contribution in [-0.2, 0) is 20.9 Å².